The number of amides is 1. The third-order valence-corrected chi connectivity index (χ3v) is 8.04. The van der Waals surface area contributed by atoms with Gasteiger partial charge < -0.3 is 14.6 Å². The van der Waals surface area contributed by atoms with Crippen LogP contribution in [0.3, 0.4) is 0 Å². The van der Waals surface area contributed by atoms with Crippen LogP contribution in [0.5, 0.6) is 11.5 Å². The molecule has 1 amide bonds. The van der Waals surface area contributed by atoms with Crippen LogP contribution >= 0.6 is 11.3 Å². The van der Waals surface area contributed by atoms with Gasteiger partial charge in [0.1, 0.15) is 23.9 Å². The average Bonchev–Trinajstić information content (AvgIpc) is 3.52. The molecule has 4 aromatic rings. The molecule has 214 valence electrons. The predicted molar refractivity (Wildman–Crippen MR) is 161 cm³/mol. The van der Waals surface area contributed by atoms with Gasteiger partial charge in [0.05, 0.1) is 28.8 Å². The molecule has 0 bridgehead atoms. The predicted octanol–water partition coefficient (Wildman–Crippen LogP) is 6.65. The third kappa shape index (κ3) is 5.82. The van der Waals surface area contributed by atoms with Crippen molar-refractivity contribution in [1.82, 2.24) is 4.98 Å². The van der Waals surface area contributed by atoms with Crippen LogP contribution in [0.25, 0.3) is 5.76 Å². The van der Waals surface area contributed by atoms with Crippen molar-refractivity contribution in [2.24, 2.45) is 0 Å². The number of carbonyl (C=O) groups is 3. The van der Waals surface area contributed by atoms with Crippen molar-refractivity contribution in [1.29, 1.82) is 0 Å². The zero-order chi connectivity index (χ0) is 29.8. The van der Waals surface area contributed by atoms with Crippen molar-refractivity contribution in [2.75, 3.05) is 11.5 Å². The molecule has 1 saturated heterocycles. The van der Waals surface area contributed by atoms with E-state index in [-0.39, 0.29) is 22.2 Å². The van der Waals surface area contributed by atoms with Gasteiger partial charge in [-0.15, -0.1) is 0 Å². The summed E-state index contributed by atoms with van der Waals surface area (Å²) in [6, 6.07) is 22.4. The zero-order valence-corrected chi connectivity index (χ0v) is 24.3. The third-order valence-electron chi connectivity index (χ3n) is 6.78. The smallest absolute Gasteiger partial charge is 0.301 e. The van der Waals surface area contributed by atoms with Gasteiger partial charge in [0.25, 0.3) is 5.78 Å². The quantitative estimate of drug-likeness (QED) is 0.0966. The van der Waals surface area contributed by atoms with Gasteiger partial charge in [0, 0.05) is 12.5 Å². The van der Waals surface area contributed by atoms with Crippen LogP contribution in [0.1, 0.15) is 58.4 Å². The van der Waals surface area contributed by atoms with E-state index in [9.17, 15) is 19.5 Å². The molecule has 1 aliphatic rings. The minimum absolute atomic E-state index is 0.0836. The molecule has 0 spiro atoms. The first-order chi connectivity index (χ1) is 20.3. The maximum atomic E-state index is 13.6. The molecule has 1 N–H and O–H groups in total. The van der Waals surface area contributed by atoms with E-state index in [1.54, 1.807) is 55.5 Å². The molecular weight excluding hydrogens is 552 g/mol. The highest BCUT2D eigenvalue weighted by Gasteiger charge is 2.48. The lowest BCUT2D eigenvalue weighted by Crippen LogP contribution is -2.29. The van der Waals surface area contributed by atoms with Crippen LogP contribution < -0.4 is 14.4 Å². The molecule has 1 aromatic heterocycles. The van der Waals surface area contributed by atoms with Gasteiger partial charge in [0.15, 0.2) is 10.9 Å². The number of anilines is 1. The number of rotatable bonds is 10. The Hall–Kier alpha value is -4.76. The Morgan fingerprint density at radius 1 is 0.976 bits per heavy atom. The highest BCUT2D eigenvalue weighted by atomic mass is 32.1. The first-order valence-electron chi connectivity index (χ1n) is 13.6. The minimum Gasteiger partial charge on any atom is -0.507 e. The fraction of sp³-hybridized carbons (Fsp3) is 0.212. The first-order valence-corrected chi connectivity index (χ1v) is 14.4. The summed E-state index contributed by atoms with van der Waals surface area (Å²) in [6.07, 6.45) is 0.848. The summed E-state index contributed by atoms with van der Waals surface area (Å²) < 4.78 is 11.7. The molecule has 3 aromatic carbocycles. The largest absolute Gasteiger partial charge is 0.507 e. The molecule has 1 unspecified atom stereocenters. The number of aryl methyl sites for hydroxylation is 1. The second-order valence-corrected chi connectivity index (χ2v) is 10.8. The molecular formula is C33H30N2O6S. The van der Waals surface area contributed by atoms with Crippen molar-refractivity contribution in [3.8, 4) is 11.5 Å². The lowest BCUT2D eigenvalue weighted by Gasteiger charge is -2.23. The van der Waals surface area contributed by atoms with E-state index in [1.165, 1.54) is 11.8 Å². The topological polar surface area (TPSA) is 106 Å². The minimum atomic E-state index is -1.01. The number of ether oxygens (including phenoxy) is 2. The van der Waals surface area contributed by atoms with Crippen molar-refractivity contribution in [3.05, 3.63) is 112 Å². The number of Topliss-reactive ketones (excluding diaryl/α,β-unsaturated/α-hetero) is 2. The van der Waals surface area contributed by atoms with Gasteiger partial charge in [-0.2, -0.15) is 0 Å². The van der Waals surface area contributed by atoms with Crippen molar-refractivity contribution in [3.63, 3.8) is 0 Å². The molecule has 0 saturated carbocycles. The molecule has 9 heteroatoms. The van der Waals surface area contributed by atoms with Crippen LogP contribution in [-0.2, 0) is 16.2 Å². The Morgan fingerprint density at radius 3 is 2.38 bits per heavy atom. The monoisotopic (exact) mass is 582 g/mol. The summed E-state index contributed by atoms with van der Waals surface area (Å²) in [6.45, 7) is 5.99. The van der Waals surface area contributed by atoms with Crippen LogP contribution in [0.2, 0.25) is 0 Å². The fourth-order valence-corrected chi connectivity index (χ4v) is 5.75. The normalized spacial score (nSPS) is 16.1. The lowest BCUT2D eigenvalue weighted by atomic mass is 9.95. The highest BCUT2D eigenvalue weighted by Crippen LogP contribution is 2.44. The summed E-state index contributed by atoms with van der Waals surface area (Å²) in [7, 11) is 0. The van der Waals surface area contributed by atoms with Crippen LogP contribution in [0, 0.1) is 6.92 Å². The first kappa shape index (κ1) is 28.8. The van der Waals surface area contributed by atoms with Crippen LogP contribution in [0.15, 0.2) is 84.4 Å². The number of hydrogen-bond acceptors (Lipinski definition) is 8. The molecule has 0 radical (unpaired) electrons. The number of benzene rings is 3. The number of hydrogen-bond donors (Lipinski definition) is 1. The second kappa shape index (κ2) is 12.4. The van der Waals surface area contributed by atoms with E-state index in [0.29, 0.717) is 46.4 Å². The maximum Gasteiger partial charge on any atom is 0.301 e. The second-order valence-electron chi connectivity index (χ2n) is 9.86. The lowest BCUT2D eigenvalue weighted by molar-refractivity contribution is -0.132. The van der Waals surface area contributed by atoms with Gasteiger partial charge in [-0.3, -0.25) is 19.3 Å². The summed E-state index contributed by atoms with van der Waals surface area (Å²) in [5.41, 5.74) is 2.26. The molecule has 2 heterocycles. The number of carbonyl (C=O) groups excluding carboxylic acids is 3. The molecule has 42 heavy (non-hydrogen) atoms. The number of nitrogens with zero attached hydrogens (tertiary/aromatic N) is 2. The molecule has 0 aliphatic carbocycles. The SMILES string of the molecule is CCCOc1ccc(C(O)=C2C(=O)C(=O)N(c3nc(C)c(C(C)=O)s3)C2c2cccc(OCc3ccccc3)c2)cc1. The molecule has 8 nitrogen and oxygen atoms in total. The van der Waals surface area contributed by atoms with E-state index in [2.05, 4.69) is 4.98 Å². The number of aliphatic hydroxyl groups excluding tert-OH is 1. The Labute approximate surface area is 247 Å². The molecule has 1 atom stereocenters. The fourth-order valence-electron chi connectivity index (χ4n) is 4.76. The van der Waals surface area contributed by atoms with E-state index in [4.69, 9.17) is 9.47 Å². The Balaban J connectivity index is 1.59. The summed E-state index contributed by atoms with van der Waals surface area (Å²) in [5.74, 6) is -1.05. The number of thiazole rings is 1. The van der Waals surface area contributed by atoms with Gasteiger partial charge >= 0.3 is 5.91 Å². The average molecular weight is 583 g/mol. The highest BCUT2D eigenvalue weighted by molar-refractivity contribution is 7.18. The zero-order valence-electron chi connectivity index (χ0n) is 23.5. The summed E-state index contributed by atoms with van der Waals surface area (Å²) in [4.78, 5) is 45.4. The number of aromatic nitrogens is 1. The van der Waals surface area contributed by atoms with Gasteiger partial charge in [-0.25, -0.2) is 4.98 Å². The molecule has 5 rings (SSSR count). The number of ketones is 2. The summed E-state index contributed by atoms with van der Waals surface area (Å²) >= 11 is 1.04. The van der Waals surface area contributed by atoms with Crippen LogP contribution in [-0.4, -0.2) is 34.2 Å². The van der Waals surface area contributed by atoms with Crippen molar-refractivity contribution >= 4 is 39.7 Å². The number of aliphatic hydroxyl groups is 1. The standard InChI is InChI=1S/C33H30N2O6S/c1-4-17-40-25-15-13-23(14-16-25)29(37)27-28(24-11-8-12-26(18-24)41-19-22-9-6-5-7-10-22)35(32(39)30(27)38)33-34-20(2)31(42-33)21(3)36/h5-16,18,28,37H,4,17,19H2,1-3H3. The Morgan fingerprint density at radius 2 is 1.71 bits per heavy atom. The van der Waals surface area contributed by atoms with E-state index < -0.39 is 17.7 Å². The van der Waals surface area contributed by atoms with Crippen molar-refractivity contribution in [2.45, 2.75) is 39.8 Å². The van der Waals surface area contributed by atoms with Gasteiger partial charge in [-0.05, 0) is 60.9 Å². The van der Waals surface area contributed by atoms with E-state index in [1.807, 2.05) is 37.3 Å². The maximum absolute atomic E-state index is 13.6. The molecule has 1 aliphatic heterocycles. The van der Waals surface area contributed by atoms with E-state index >= 15 is 0 Å². The Kier molecular flexibility index (Phi) is 8.49. The van der Waals surface area contributed by atoms with Crippen molar-refractivity contribution < 1.29 is 29.0 Å². The van der Waals surface area contributed by atoms with Gasteiger partial charge in [-0.1, -0.05) is 60.7 Å². The van der Waals surface area contributed by atoms with Crippen LogP contribution in [0.4, 0.5) is 5.13 Å². The Bertz CT molecular complexity index is 1660. The summed E-state index contributed by atoms with van der Waals surface area (Å²) in [5, 5.41) is 11.7. The van der Waals surface area contributed by atoms with Gasteiger partial charge in [0.2, 0.25) is 0 Å². The van der Waals surface area contributed by atoms with E-state index in [0.717, 1.165) is 23.3 Å². The molecule has 1 fully saturated rings.